The van der Waals surface area contributed by atoms with Crippen LogP contribution in [-0.2, 0) is 16.1 Å². The Hall–Kier alpha value is -1.81. The van der Waals surface area contributed by atoms with E-state index in [4.69, 9.17) is 22.1 Å². The molecule has 0 aliphatic heterocycles. The molecule has 106 valence electrons. The van der Waals surface area contributed by atoms with Crippen molar-refractivity contribution in [2.75, 3.05) is 7.11 Å². The van der Waals surface area contributed by atoms with Crippen molar-refractivity contribution in [2.24, 2.45) is 11.1 Å². The predicted molar refractivity (Wildman–Crippen MR) is 77.9 cm³/mol. The van der Waals surface area contributed by atoms with Gasteiger partial charge in [0.2, 0.25) is 0 Å². The maximum absolute atomic E-state index is 11.9. The lowest BCUT2D eigenvalue weighted by Crippen LogP contribution is -2.70. The molecule has 0 amide bonds. The number of methoxy groups -OCH3 is 1. The molecular formula is C15H18ClN2O2+. The Balaban J connectivity index is 2.15. The normalized spacial score (nSPS) is 17.7. The van der Waals surface area contributed by atoms with Gasteiger partial charge in [0.05, 0.1) is 12.7 Å². The number of rotatable bonds is 5. The number of benzene rings is 1. The molecule has 0 heterocycles. The summed E-state index contributed by atoms with van der Waals surface area (Å²) in [6.07, 6.45) is 2.82. The Bertz CT molecular complexity index is 548. The number of carbonyl (C=O) groups excluding carboxylic acids is 1. The fourth-order valence-corrected chi connectivity index (χ4v) is 2.53. The minimum absolute atomic E-state index is 0.283. The average molecular weight is 294 g/mol. The summed E-state index contributed by atoms with van der Waals surface area (Å²) in [5.74, 6) is -0.283. The van der Waals surface area contributed by atoms with Crippen molar-refractivity contribution in [1.29, 1.82) is 0 Å². The van der Waals surface area contributed by atoms with Crippen LogP contribution in [0.15, 0.2) is 42.1 Å². The zero-order valence-electron chi connectivity index (χ0n) is 11.4. The van der Waals surface area contributed by atoms with Gasteiger partial charge < -0.3 is 10.5 Å². The highest BCUT2D eigenvalue weighted by Crippen LogP contribution is 2.52. The van der Waals surface area contributed by atoms with Crippen molar-refractivity contribution in [1.82, 2.24) is 0 Å². The topological polar surface area (TPSA) is 66.3 Å². The fraction of sp³-hybridized carbons (Fsp3) is 0.333. The van der Waals surface area contributed by atoms with Crippen molar-refractivity contribution < 1.29 is 14.5 Å². The highest BCUT2D eigenvalue weighted by atomic mass is 35.5. The first-order valence-corrected chi connectivity index (χ1v) is 6.83. The molecule has 1 aliphatic carbocycles. The Labute approximate surface area is 123 Å². The zero-order valence-corrected chi connectivity index (χ0v) is 12.1. The number of halogens is 1. The number of esters is 1. The SMILES string of the molecule is COC(=O)C1(/C(=C/N)C(Cl)=[NH+]Cc2ccccc2)CC1. The van der Waals surface area contributed by atoms with Gasteiger partial charge in [0.25, 0.3) is 5.17 Å². The maximum atomic E-state index is 11.9. The van der Waals surface area contributed by atoms with Crippen LogP contribution in [0, 0.1) is 5.41 Å². The molecule has 5 heteroatoms. The van der Waals surface area contributed by atoms with E-state index in [9.17, 15) is 4.79 Å². The molecule has 1 aromatic rings. The van der Waals surface area contributed by atoms with Crippen molar-refractivity contribution in [3.8, 4) is 0 Å². The van der Waals surface area contributed by atoms with Gasteiger partial charge in [-0.1, -0.05) is 30.3 Å². The van der Waals surface area contributed by atoms with E-state index in [0.717, 1.165) is 5.56 Å². The first kappa shape index (κ1) is 14.6. The molecule has 20 heavy (non-hydrogen) atoms. The summed E-state index contributed by atoms with van der Waals surface area (Å²) in [5, 5.41) is 0.402. The van der Waals surface area contributed by atoms with Gasteiger partial charge in [0.15, 0.2) is 6.54 Å². The molecule has 0 atom stereocenters. The van der Waals surface area contributed by atoms with Gasteiger partial charge in [0, 0.05) is 11.8 Å². The summed E-state index contributed by atoms with van der Waals surface area (Å²) in [5.41, 5.74) is 6.70. The van der Waals surface area contributed by atoms with E-state index in [1.165, 1.54) is 13.3 Å². The average Bonchev–Trinajstić information content (AvgIpc) is 3.27. The van der Waals surface area contributed by atoms with E-state index in [1.807, 2.05) is 30.3 Å². The summed E-state index contributed by atoms with van der Waals surface area (Å²) >= 11 is 6.27. The third-order valence-corrected chi connectivity index (χ3v) is 3.87. The minimum atomic E-state index is -0.662. The largest absolute Gasteiger partial charge is 0.468 e. The molecule has 0 aromatic heterocycles. The van der Waals surface area contributed by atoms with Crippen LogP contribution in [0.4, 0.5) is 0 Å². The van der Waals surface area contributed by atoms with E-state index in [-0.39, 0.29) is 5.97 Å². The van der Waals surface area contributed by atoms with Crippen molar-refractivity contribution in [3.05, 3.63) is 47.7 Å². The zero-order chi connectivity index (χ0) is 14.6. The summed E-state index contributed by atoms with van der Waals surface area (Å²) in [6, 6.07) is 9.87. The summed E-state index contributed by atoms with van der Waals surface area (Å²) in [4.78, 5) is 15.0. The van der Waals surface area contributed by atoms with Gasteiger partial charge in [-0.2, -0.15) is 0 Å². The molecule has 0 saturated heterocycles. The number of nitrogens with two attached hydrogens (primary N) is 1. The minimum Gasteiger partial charge on any atom is -0.468 e. The number of hydrogen-bond donors (Lipinski definition) is 2. The van der Waals surface area contributed by atoms with Crippen molar-refractivity contribution in [3.63, 3.8) is 0 Å². The monoisotopic (exact) mass is 293 g/mol. The smallest absolute Gasteiger partial charge is 0.316 e. The molecule has 4 nitrogen and oxygen atoms in total. The van der Waals surface area contributed by atoms with Crippen LogP contribution in [0.2, 0.25) is 0 Å². The lowest BCUT2D eigenvalue weighted by Gasteiger charge is -2.12. The van der Waals surface area contributed by atoms with Gasteiger partial charge in [-0.25, -0.2) is 4.99 Å². The quantitative estimate of drug-likeness (QED) is 0.620. The molecule has 0 unspecified atom stereocenters. The number of carbonyl (C=O) groups is 1. The van der Waals surface area contributed by atoms with E-state index in [0.29, 0.717) is 30.1 Å². The fourth-order valence-electron chi connectivity index (χ4n) is 2.22. The third-order valence-electron chi connectivity index (χ3n) is 3.54. The van der Waals surface area contributed by atoms with E-state index < -0.39 is 5.41 Å². The van der Waals surface area contributed by atoms with Gasteiger partial charge in [0.1, 0.15) is 5.41 Å². The Morgan fingerprint density at radius 2 is 2.10 bits per heavy atom. The number of hydrogen-bond acceptors (Lipinski definition) is 3. The van der Waals surface area contributed by atoms with Gasteiger partial charge in [-0.15, -0.1) is 0 Å². The van der Waals surface area contributed by atoms with Crippen LogP contribution >= 0.6 is 11.6 Å². The number of nitrogens with one attached hydrogen (secondary N) is 1. The molecule has 1 aromatic carbocycles. The Morgan fingerprint density at radius 3 is 2.60 bits per heavy atom. The van der Waals surface area contributed by atoms with Crippen LogP contribution in [0.1, 0.15) is 18.4 Å². The second kappa shape index (κ2) is 6.09. The van der Waals surface area contributed by atoms with Crippen LogP contribution in [-0.4, -0.2) is 18.2 Å². The van der Waals surface area contributed by atoms with Crippen LogP contribution < -0.4 is 10.7 Å². The molecule has 1 saturated carbocycles. The molecule has 2 rings (SSSR count). The lowest BCUT2D eigenvalue weighted by atomic mass is 9.97. The summed E-state index contributed by atoms with van der Waals surface area (Å²) in [7, 11) is 1.38. The molecule has 1 aliphatic rings. The third kappa shape index (κ3) is 2.85. The molecule has 0 spiro atoms. The molecule has 3 N–H and O–H groups in total. The van der Waals surface area contributed by atoms with Crippen LogP contribution in [0.5, 0.6) is 0 Å². The predicted octanol–water partition coefficient (Wildman–Crippen LogP) is 0.700. The second-order valence-corrected chi connectivity index (χ2v) is 5.19. The standard InChI is InChI=1S/C15H17ClN2O2/c1-20-14(19)15(7-8-15)12(9-17)13(16)18-10-11-5-3-2-4-6-11/h2-6,9H,7-8,10,17H2,1H3/p+1/b12-9+,18-13?. The summed E-state index contributed by atoms with van der Waals surface area (Å²) in [6.45, 7) is 0.578. The lowest BCUT2D eigenvalue weighted by molar-refractivity contribution is -0.472. The van der Waals surface area contributed by atoms with Gasteiger partial charge in [-0.05, 0) is 24.4 Å². The van der Waals surface area contributed by atoms with Gasteiger partial charge in [-0.3, -0.25) is 4.79 Å². The van der Waals surface area contributed by atoms with E-state index >= 15 is 0 Å². The van der Waals surface area contributed by atoms with Crippen LogP contribution in [0.3, 0.4) is 0 Å². The highest BCUT2D eigenvalue weighted by molar-refractivity contribution is 6.68. The van der Waals surface area contributed by atoms with Gasteiger partial charge >= 0.3 is 5.97 Å². The van der Waals surface area contributed by atoms with E-state index in [1.54, 1.807) is 0 Å². The first-order valence-electron chi connectivity index (χ1n) is 6.45. The van der Waals surface area contributed by atoms with Crippen LogP contribution in [0.25, 0.3) is 0 Å². The summed E-state index contributed by atoms with van der Waals surface area (Å²) < 4.78 is 4.84. The number of ether oxygens (including phenoxy) is 1. The molecule has 0 radical (unpaired) electrons. The molecule has 1 fully saturated rings. The second-order valence-electron chi connectivity index (χ2n) is 4.81. The maximum Gasteiger partial charge on any atom is 0.316 e. The highest BCUT2D eigenvalue weighted by Gasteiger charge is 2.56. The molecule has 0 bridgehead atoms. The first-order chi connectivity index (χ1) is 9.64. The van der Waals surface area contributed by atoms with Crippen molar-refractivity contribution in [2.45, 2.75) is 19.4 Å². The Kier molecular flexibility index (Phi) is 4.45. The van der Waals surface area contributed by atoms with E-state index in [2.05, 4.69) is 4.99 Å². The van der Waals surface area contributed by atoms with Crippen molar-refractivity contribution >= 4 is 22.7 Å². The Morgan fingerprint density at radius 1 is 1.45 bits per heavy atom. The molecular weight excluding hydrogens is 276 g/mol.